The topological polar surface area (TPSA) is 65.0 Å². The number of Topliss-reactive ketones (excluding diaryl/α,β-unsaturated/α-hetero) is 1. The number of esters is 1. The van der Waals surface area contributed by atoms with Crippen LogP contribution in [0.4, 0.5) is 0 Å². The fourth-order valence-corrected chi connectivity index (χ4v) is 5.64. The highest BCUT2D eigenvalue weighted by Gasteiger charge is 2.46. The van der Waals surface area contributed by atoms with E-state index in [9.17, 15) is 9.59 Å². The number of allylic oxidation sites excluding steroid dienone is 1. The van der Waals surface area contributed by atoms with Crippen LogP contribution in [-0.2, 0) is 20.9 Å². The Morgan fingerprint density at radius 1 is 0.921 bits per heavy atom. The summed E-state index contributed by atoms with van der Waals surface area (Å²) in [5, 5.41) is 0.664. The van der Waals surface area contributed by atoms with E-state index < -0.39 is 17.8 Å². The lowest BCUT2D eigenvalue weighted by Gasteiger charge is -2.38. The number of ketones is 1. The highest BCUT2D eigenvalue weighted by atomic mass is 35.5. The second-order valence-electron chi connectivity index (χ2n) is 9.74. The van der Waals surface area contributed by atoms with Gasteiger partial charge in [-0.25, -0.2) is 4.79 Å². The molecule has 0 N–H and O–H groups in total. The van der Waals surface area contributed by atoms with Gasteiger partial charge >= 0.3 is 5.97 Å². The molecule has 1 aliphatic heterocycles. The number of carbonyl (C=O) groups excluding carboxylic acids is 2. The van der Waals surface area contributed by atoms with E-state index in [1.54, 1.807) is 0 Å². The van der Waals surface area contributed by atoms with Crippen LogP contribution in [0, 0.1) is 5.92 Å². The normalized spacial score (nSPS) is 21.0. The molecule has 3 aromatic carbocycles. The molecule has 5 nitrogen and oxygen atoms in total. The van der Waals surface area contributed by atoms with Crippen molar-refractivity contribution in [3.63, 3.8) is 0 Å². The molecule has 2 aliphatic rings. The summed E-state index contributed by atoms with van der Waals surface area (Å²) in [7, 11) is 0. The van der Waals surface area contributed by atoms with E-state index in [0.29, 0.717) is 35.7 Å². The minimum atomic E-state index is -0.514. The highest BCUT2D eigenvalue weighted by molar-refractivity contribution is 6.30. The lowest BCUT2D eigenvalue weighted by molar-refractivity contribution is -0.140. The summed E-state index contributed by atoms with van der Waals surface area (Å²) >= 11 is 6.09. The second-order valence-corrected chi connectivity index (χ2v) is 10.2. The maximum absolute atomic E-state index is 13.8. The zero-order valence-electron chi connectivity index (χ0n) is 21.5. The number of hydrogen-bond donors (Lipinski definition) is 0. The Morgan fingerprint density at radius 2 is 1.61 bits per heavy atom. The molecule has 3 aromatic rings. The first-order chi connectivity index (χ1) is 18.4. The molecule has 0 bridgehead atoms. The van der Waals surface area contributed by atoms with E-state index in [4.69, 9.17) is 26.1 Å². The van der Waals surface area contributed by atoms with Crippen LogP contribution in [0.5, 0.6) is 5.75 Å². The standard InChI is InChI=1S/C32H30ClNO4/c1-3-37-26-15-11-23(12-16-26)30-29(32(36)38-19-21-7-5-4-6-8-21)20(2)34-27-17-24(18-28(35)31(27)30)22-9-13-25(33)14-10-22/h4-16,24,30-31H,3,17-19H2,1-2H3/t24-,30+,31?/m0/s1. The molecule has 5 rings (SSSR count). The van der Waals surface area contributed by atoms with Gasteiger partial charge < -0.3 is 9.47 Å². The van der Waals surface area contributed by atoms with Gasteiger partial charge in [0.15, 0.2) is 0 Å². The summed E-state index contributed by atoms with van der Waals surface area (Å²) in [5.74, 6) is -0.585. The van der Waals surface area contributed by atoms with Gasteiger partial charge in [-0.3, -0.25) is 9.79 Å². The summed E-state index contributed by atoms with van der Waals surface area (Å²) in [5.41, 5.74) is 4.69. The van der Waals surface area contributed by atoms with Crippen LogP contribution in [0.15, 0.2) is 95.1 Å². The van der Waals surface area contributed by atoms with Crippen LogP contribution in [0.3, 0.4) is 0 Å². The third-order valence-corrected chi connectivity index (χ3v) is 7.53. The van der Waals surface area contributed by atoms with Gasteiger partial charge in [-0.15, -0.1) is 0 Å². The molecule has 0 aromatic heterocycles. The monoisotopic (exact) mass is 527 g/mol. The second kappa shape index (κ2) is 11.4. The molecular weight excluding hydrogens is 498 g/mol. The molecule has 6 heteroatoms. The molecular formula is C32H30ClNO4. The summed E-state index contributed by atoms with van der Waals surface area (Å²) in [6.45, 7) is 4.48. The molecule has 0 radical (unpaired) electrons. The average molecular weight is 528 g/mol. The number of ether oxygens (including phenoxy) is 2. The van der Waals surface area contributed by atoms with Gasteiger partial charge in [0.1, 0.15) is 18.1 Å². The molecule has 1 aliphatic carbocycles. The Kier molecular flexibility index (Phi) is 7.75. The molecule has 1 unspecified atom stereocenters. The Bertz CT molecular complexity index is 1380. The number of halogens is 1. The lowest BCUT2D eigenvalue weighted by atomic mass is 9.66. The number of benzene rings is 3. The van der Waals surface area contributed by atoms with E-state index in [1.165, 1.54) is 0 Å². The predicted octanol–water partition coefficient (Wildman–Crippen LogP) is 7.06. The maximum atomic E-state index is 13.8. The van der Waals surface area contributed by atoms with Crippen LogP contribution in [0.25, 0.3) is 0 Å². The zero-order chi connectivity index (χ0) is 26.6. The molecule has 0 spiro atoms. The van der Waals surface area contributed by atoms with Crippen molar-refractivity contribution >= 4 is 29.1 Å². The minimum absolute atomic E-state index is 0.0233. The van der Waals surface area contributed by atoms with E-state index in [1.807, 2.05) is 92.7 Å². The number of nitrogens with zero attached hydrogens (tertiary/aromatic N) is 1. The van der Waals surface area contributed by atoms with Crippen molar-refractivity contribution in [3.05, 3.63) is 112 Å². The molecule has 38 heavy (non-hydrogen) atoms. The smallest absolute Gasteiger partial charge is 0.336 e. The van der Waals surface area contributed by atoms with Gasteiger partial charge in [-0.05, 0) is 67.1 Å². The lowest BCUT2D eigenvalue weighted by Crippen LogP contribution is -2.41. The van der Waals surface area contributed by atoms with Gasteiger partial charge in [-0.1, -0.05) is 66.2 Å². The maximum Gasteiger partial charge on any atom is 0.336 e. The third kappa shape index (κ3) is 5.44. The van der Waals surface area contributed by atoms with Crippen molar-refractivity contribution in [2.75, 3.05) is 6.61 Å². The first kappa shape index (κ1) is 25.9. The van der Waals surface area contributed by atoms with Crippen molar-refractivity contribution in [1.29, 1.82) is 0 Å². The fourth-order valence-electron chi connectivity index (χ4n) is 5.51. The van der Waals surface area contributed by atoms with Crippen molar-refractivity contribution < 1.29 is 19.1 Å². The Morgan fingerprint density at radius 3 is 2.29 bits per heavy atom. The van der Waals surface area contributed by atoms with Gasteiger partial charge in [0.05, 0.1) is 18.1 Å². The molecule has 3 atom stereocenters. The quantitative estimate of drug-likeness (QED) is 0.309. The van der Waals surface area contributed by atoms with Crippen LogP contribution < -0.4 is 4.74 Å². The van der Waals surface area contributed by atoms with Gasteiger partial charge in [0.2, 0.25) is 0 Å². The predicted molar refractivity (Wildman–Crippen MR) is 149 cm³/mol. The first-order valence-electron chi connectivity index (χ1n) is 12.9. The first-order valence-corrected chi connectivity index (χ1v) is 13.3. The number of carbonyl (C=O) groups is 2. The number of aliphatic imine (C=N–C) groups is 1. The summed E-state index contributed by atoms with van der Waals surface area (Å²) in [4.78, 5) is 32.2. The minimum Gasteiger partial charge on any atom is -0.494 e. The number of hydrogen-bond acceptors (Lipinski definition) is 5. The Labute approximate surface area is 228 Å². The fraction of sp³-hybridized carbons (Fsp3) is 0.281. The molecule has 1 fully saturated rings. The Hall–Kier alpha value is -3.70. The van der Waals surface area contributed by atoms with E-state index in [2.05, 4.69) is 0 Å². The van der Waals surface area contributed by atoms with Crippen LogP contribution in [-0.4, -0.2) is 24.1 Å². The van der Waals surface area contributed by atoms with E-state index in [0.717, 1.165) is 28.2 Å². The number of fused-ring (bicyclic) bond motifs is 1. The highest BCUT2D eigenvalue weighted by Crippen LogP contribution is 2.46. The van der Waals surface area contributed by atoms with Gasteiger partial charge in [-0.2, -0.15) is 0 Å². The third-order valence-electron chi connectivity index (χ3n) is 7.28. The van der Waals surface area contributed by atoms with Crippen molar-refractivity contribution in [2.45, 2.75) is 45.1 Å². The van der Waals surface area contributed by atoms with Crippen LogP contribution in [0.2, 0.25) is 5.02 Å². The molecule has 1 heterocycles. The van der Waals surface area contributed by atoms with Crippen LogP contribution in [0.1, 0.15) is 55.2 Å². The van der Waals surface area contributed by atoms with Gasteiger partial charge in [0, 0.05) is 28.8 Å². The Balaban J connectivity index is 1.51. The van der Waals surface area contributed by atoms with E-state index in [-0.39, 0.29) is 18.3 Å². The van der Waals surface area contributed by atoms with Crippen molar-refractivity contribution in [1.82, 2.24) is 0 Å². The molecule has 0 amide bonds. The van der Waals surface area contributed by atoms with Crippen LogP contribution >= 0.6 is 11.6 Å². The number of rotatable bonds is 7. The van der Waals surface area contributed by atoms with E-state index >= 15 is 0 Å². The van der Waals surface area contributed by atoms with Crippen molar-refractivity contribution in [3.8, 4) is 5.75 Å². The zero-order valence-corrected chi connectivity index (χ0v) is 22.3. The average Bonchev–Trinajstić information content (AvgIpc) is 2.92. The molecule has 1 saturated carbocycles. The summed E-state index contributed by atoms with van der Waals surface area (Å²) in [6, 6.07) is 24.9. The summed E-state index contributed by atoms with van der Waals surface area (Å²) < 4.78 is 11.4. The van der Waals surface area contributed by atoms with Gasteiger partial charge in [0.25, 0.3) is 0 Å². The largest absolute Gasteiger partial charge is 0.494 e. The van der Waals surface area contributed by atoms with Crippen molar-refractivity contribution in [2.24, 2.45) is 10.9 Å². The SMILES string of the molecule is CCOc1ccc([C@@H]2C(C(=O)OCc3ccccc3)=C(C)N=C3C[C@H](c4ccc(Cl)cc4)CC(=O)C32)cc1. The molecule has 194 valence electrons. The molecule has 0 saturated heterocycles. The summed E-state index contributed by atoms with van der Waals surface area (Å²) in [6.07, 6.45) is 1.03.